The second kappa shape index (κ2) is 5.53. The molecule has 0 aliphatic heterocycles. The van der Waals surface area contributed by atoms with Crippen molar-refractivity contribution in [2.45, 2.75) is 6.92 Å². The minimum absolute atomic E-state index is 0.0168. The Balaban J connectivity index is 1.77. The van der Waals surface area contributed by atoms with Gasteiger partial charge < -0.3 is 8.83 Å². The molecule has 0 atom stereocenters. The van der Waals surface area contributed by atoms with Crippen LogP contribution in [-0.4, -0.2) is 16.1 Å². The van der Waals surface area contributed by atoms with E-state index in [1.165, 1.54) is 6.26 Å². The van der Waals surface area contributed by atoms with Crippen LogP contribution in [0.2, 0.25) is 0 Å². The molecule has 1 amide bonds. The van der Waals surface area contributed by atoms with Gasteiger partial charge in [-0.3, -0.25) is 10.1 Å². The number of carbonyl (C=O) groups is 1. The summed E-state index contributed by atoms with van der Waals surface area (Å²) in [6.45, 7) is 1.94. The van der Waals surface area contributed by atoms with Crippen LogP contribution >= 0.6 is 15.9 Å². The Hall–Kier alpha value is -2.41. The van der Waals surface area contributed by atoms with Crippen molar-refractivity contribution in [3.8, 4) is 11.7 Å². The molecule has 1 N–H and O–H groups in total. The fraction of sp³-hybridized carbons (Fsp3) is 0.0714. The predicted octanol–water partition coefficient (Wildman–Crippen LogP) is 3.65. The lowest BCUT2D eigenvalue weighted by atomic mass is 10.1. The van der Waals surface area contributed by atoms with Crippen LogP contribution in [0.4, 0.5) is 6.01 Å². The van der Waals surface area contributed by atoms with Crippen molar-refractivity contribution < 1.29 is 13.6 Å². The number of anilines is 1. The minimum atomic E-state index is -0.328. The first kappa shape index (κ1) is 13.6. The van der Waals surface area contributed by atoms with Gasteiger partial charge in [-0.25, -0.2) is 0 Å². The van der Waals surface area contributed by atoms with E-state index in [0.717, 1.165) is 10.0 Å². The van der Waals surface area contributed by atoms with E-state index >= 15 is 0 Å². The van der Waals surface area contributed by atoms with E-state index < -0.39 is 0 Å². The van der Waals surface area contributed by atoms with E-state index in [1.807, 2.05) is 13.0 Å². The summed E-state index contributed by atoms with van der Waals surface area (Å²) in [5.41, 5.74) is 1.54. The Morgan fingerprint density at radius 1 is 1.29 bits per heavy atom. The highest BCUT2D eigenvalue weighted by Crippen LogP contribution is 2.21. The number of aryl methyl sites for hydroxylation is 1. The van der Waals surface area contributed by atoms with Gasteiger partial charge in [0.15, 0.2) is 5.76 Å². The monoisotopic (exact) mass is 347 g/mol. The smallest absolute Gasteiger partial charge is 0.322 e. The van der Waals surface area contributed by atoms with Crippen LogP contribution < -0.4 is 5.32 Å². The molecule has 0 unspecified atom stereocenters. The highest BCUT2D eigenvalue weighted by Gasteiger charge is 2.14. The summed E-state index contributed by atoms with van der Waals surface area (Å²) >= 11 is 3.39. The molecule has 0 bridgehead atoms. The van der Waals surface area contributed by atoms with Crippen LogP contribution in [0.25, 0.3) is 11.7 Å². The molecule has 3 aromatic rings. The quantitative estimate of drug-likeness (QED) is 0.781. The number of nitrogens with one attached hydrogen (secondary N) is 1. The van der Waals surface area contributed by atoms with E-state index in [2.05, 4.69) is 31.4 Å². The molecule has 106 valence electrons. The topological polar surface area (TPSA) is 81.2 Å². The van der Waals surface area contributed by atoms with Gasteiger partial charge in [-0.05, 0) is 36.8 Å². The number of hydrogen-bond donors (Lipinski definition) is 1. The summed E-state index contributed by atoms with van der Waals surface area (Å²) in [5.74, 6) is 0.326. The summed E-state index contributed by atoms with van der Waals surface area (Å²) < 4.78 is 11.3. The molecule has 0 saturated heterocycles. The number of rotatable bonds is 3. The predicted molar refractivity (Wildman–Crippen MR) is 78.8 cm³/mol. The van der Waals surface area contributed by atoms with Crippen molar-refractivity contribution in [1.82, 2.24) is 10.2 Å². The van der Waals surface area contributed by atoms with Crippen LogP contribution in [-0.2, 0) is 0 Å². The number of furan rings is 1. The first-order chi connectivity index (χ1) is 10.1. The number of aromatic nitrogens is 2. The van der Waals surface area contributed by atoms with E-state index in [9.17, 15) is 4.79 Å². The zero-order valence-electron chi connectivity index (χ0n) is 11.0. The minimum Gasteiger partial charge on any atom is -0.459 e. The average molecular weight is 348 g/mol. The van der Waals surface area contributed by atoms with Gasteiger partial charge in [0.1, 0.15) is 0 Å². The highest BCUT2D eigenvalue weighted by molar-refractivity contribution is 9.10. The van der Waals surface area contributed by atoms with Crippen LogP contribution in [0.15, 0.2) is 49.9 Å². The van der Waals surface area contributed by atoms with E-state index in [-0.39, 0.29) is 17.8 Å². The van der Waals surface area contributed by atoms with Crippen molar-refractivity contribution in [2.75, 3.05) is 5.32 Å². The lowest BCUT2D eigenvalue weighted by molar-refractivity contribution is 0.102. The maximum Gasteiger partial charge on any atom is 0.322 e. The van der Waals surface area contributed by atoms with E-state index in [4.69, 9.17) is 8.83 Å². The standard InChI is InChI=1S/C14H10BrN3O3/c1-8-4-5-9(7-10(8)15)12(19)16-14-18-17-13(21-14)11-3-2-6-20-11/h2-7H,1H3,(H,16,18,19). The Labute approximate surface area is 128 Å². The summed E-state index contributed by atoms with van der Waals surface area (Å²) in [7, 11) is 0. The first-order valence-corrected chi connectivity index (χ1v) is 6.87. The molecule has 7 heteroatoms. The molecule has 6 nitrogen and oxygen atoms in total. The molecule has 0 spiro atoms. The number of benzene rings is 1. The molecule has 1 aromatic carbocycles. The number of halogens is 1. The third kappa shape index (κ3) is 2.87. The third-order valence-electron chi connectivity index (χ3n) is 2.81. The largest absolute Gasteiger partial charge is 0.459 e. The van der Waals surface area contributed by atoms with Crippen LogP contribution in [0, 0.1) is 6.92 Å². The molecule has 0 aliphatic carbocycles. The van der Waals surface area contributed by atoms with Crippen molar-refractivity contribution in [3.05, 3.63) is 52.2 Å². The fourth-order valence-electron chi connectivity index (χ4n) is 1.68. The zero-order chi connectivity index (χ0) is 14.8. The number of nitrogens with zero attached hydrogens (tertiary/aromatic N) is 2. The summed E-state index contributed by atoms with van der Waals surface area (Å²) in [5, 5.41) is 10.1. The van der Waals surface area contributed by atoms with Gasteiger partial charge in [0.2, 0.25) is 0 Å². The first-order valence-electron chi connectivity index (χ1n) is 6.08. The Kier molecular flexibility index (Phi) is 3.57. The number of amides is 1. The van der Waals surface area contributed by atoms with Gasteiger partial charge >= 0.3 is 6.01 Å². The molecular weight excluding hydrogens is 338 g/mol. The van der Waals surface area contributed by atoms with Crippen LogP contribution in [0.5, 0.6) is 0 Å². The maximum atomic E-state index is 12.1. The molecule has 0 fully saturated rings. The summed E-state index contributed by atoms with van der Waals surface area (Å²) in [6.07, 6.45) is 1.50. The Morgan fingerprint density at radius 3 is 2.86 bits per heavy atom. The molecule has 0 radical (unpaired) electrons. The van der Waals surface area contributed by atoms with E-state index in [0.29, 0.717) is 11.3 Å². The van der Waals surface area contributed by atoms with E-state index in [1.54, 1.807) is 24.3 Å². The SMILES string of the molecule is Cc1ccc(C(=O)Nc2nnc(-c3ccco3)o2)cc1Br. The van der Waals surface area contributed by atoms with Crippen molar-refractivity contribution in [1.29, 1.82) is 0 Å². The van der Waals surface area contributed by atoms with Crippen molar-refractivity contribution in [2.24, 2.45) is 0 Å². The normalized spacial score (nSPS) is 10.6. The van der Waals surface area contributed by atoms with Gasteiger partial charge in [-0.2, -0.15) is 0 Å². The fourth-order valence-corrected chi connectivity index (χ4v) is 2.06. The lowest BCUT2D eigenvalue weighted by Gasteiger charge is -2.03. The Morgan fingerprint density at radius 2 is 2.14 bits per heavy atom. The van der Waals surface area contributed by atoms with Crippen LogP contribution in [0.1, 0.15) is 15.9 Å². The average Bonchev–Trinajstić information content (AvgIpc) is 3.12. The Bertz CT molecular complexity index is 781. The molecular formula is C14H10BrN3O3. The molecule has 21 heavy (non-hydrogen) atoms. The zero-order valence-corrected chi connectivity index (χ0v) is 12.5. The van der Waals surface area contributed by atoms with Gasteiger partial charge in [0, 0.05) is 10.0 Å². The highest BCUT2D eigenvalue weighted by atomic mass is 79.9. The van der Waals surface area contributed by atoms with Gasteiger partial charge in [0.05, 0.1) is 6.26 Å². The molecule has 2 aromatic heterocycles. The van der Waals surface area contributed by atoms with Gasteiger partial charge in [-0.15, -0.1) is 5.10 Å². The second-order valence-corrected chi connectivity index (χ2v) is 5.16. The second-order valence-electron chi connectivity index (χ2n) is 4.31. The summed E-state index contributed by atoms with van der Waals surface area (Å²) in [6, 6.07) is 8.72. The van der Waals surface area contributed by atoms with Crippen LogP contribution in [0.3, 0.4) is 0 Å². The molecule has 0 aliphatic rings. The molecule has 3 rings (SSSR count). The molecule has 2 heterocycles. The summed E-state index contributed by atoms with van der Waals surface area (Å²) in [4.78, 5) is 12.1. The third-order valence-corrected chi connectivity index (χ3v) is 3.67. The number of carbonyl (C=O) groups excluding carboxylic acids is 1. The van der Waals surface area contributed by atoms with Crippen molar-refractivity contribution >= 4 is 27.9 Å². The number of hydrogen-bond acceptors (Lipinski definition) is 5. The van der Waals surface area contributed by atoms with Crippen molar-refractivity contribution in [3.63, 3.8) is 0 Å². The lowest BCUT2D eigenvalue weighted by Crippen LogP contribution is -2.12. The molecule has 0 saturated carbocycles. The van der Waals surface area contributed by atoms with Gasteiger partial charge in [-0.1, -0.05) is 27.1 Å². The van der Waals surface area contributed by atoms with Gasteiger partial charge in [0.25, 0.3) is 11.8 Å². The maximum absolute atomic E-state index is 12.1.